The molecule has 1 atom stereocenters. The maximum absolute atomic E-state index is 11.1. The summed E-state index contributed by atoms with van der Waals surface area (Å²) in [5.41, 5.74) is 3.73. The molecular formula is C10H18N2O3. The summed E-state index contributed by atoms with van der Waals surface area (Å²) in [6.07, 6.45) is 0.611. The van der Waals surface area contributed by atoms with Crippen LogP contribution < -0.4 is 5.73 Å². The van der Waals surface area contributed by atoms with Crippen molar-refractivity contribution in [3.8, 4) is 0 Å². The molecule has 1 aliphatic rings. The molecule has 0 aromatic heterocycles. The Morgan fingerprint density at radius 1 is 1.40 bits per heavy atom. The van der Waals surface area contributed by atoms with Crippen LogP contribution in [0.2, 0.25) is 0 Å². The number of carbonyl (C=O) groups is 2. The fraction of sp³-hybridized carbons (Fsp3) is 0.800. The lowest BCUT2D eigenvalue weighted by atomic mass is 9.90. The molecule has 1 saturated heterocycles. The third-order valence-electron chi connectivity index (χ3n) is 3.22. The van der Waals surface area contributed by atoms with Gasteiger partial charge in [0.1, 0.15) is 11.4 Å². The van der Waals surface area contributed by atoms with Crippen LogP contribution >= 0.6 is 0 Å². The Bertz CT molecular complexity index is 270. The first-order valence-electron chi connectivity index (χ1n) is 5.13. The highest BCUT2D eigenvalue weighted by Gasteiger charge is 2.38. The van der Waals surface area contributed by atoms with E-state index in [1.54, 1.807) is 6.92 Å². The van der Waals surface area contributed by atoms with Gasteiger partial charge in [0, 0.05) is 13.1 Å². The summed E-state index contributed by atoms with van der Waals surface area (Å²) in [6, 6.07) is -0.151. The zero-order chi connectivity index (χ0) is 11.6. The van der Waals surface area contributed by atoms with E-state index in [1.165, 1.54) is 0 Å². The van der Waals surface area contributed by atoms with Crippen molar-refractivity contribution in [2.75, 3.05) is 13.1 Å². The molecule has 0 radical (unpaired) electrons. The van der Waals surface area contributed by atoms with Crippen LogP contribution in [-0.4, -0.2) is 46.4 Å². The molecule has 5 heteroatoms. The number of primary amides is 1. The molecule has 1 heterocycles. The number of Topliss-reactive ketones (excluding diaryl/α,β-unsaturated/α-hetero) is 1. The quantitative estimate of drug-likeness (QED) is 0.649. The van der Waals surface area contributed by atoms with Gasteiger partial charge in [-0.2, -0.15) is 0 Å². The van der Waals surface area contributed by atoms with Crippen molar-refractivity contribution in [1.29, 1.82) is 0 Å². The number of piperidine rings is 1. The van der Waals surface area contributed by atoms with Gasteiger partial charge in [0.2, 0.25) is 5.91 Å². The topological polar surface area (TPSA) is 83.6 Å². The normalized spacial score (nSPS) is 23.4. The van der Waals surface area contributed by atoms with Gasteiger partial charge < -0.3 is 10.8 Å². The number of nitrogens with zero attached hydrogens (tertiary/aromatic N) is 1. The molecule has 1 aliphatic heterocycles. The van der Waals surface area contributed by atoms with E-state index in [0.29, 0.717) is 25.9 Å². The first kappa shape index (κ1) is 12.1. The minimum atomic E-state index is -1.38. The van der Waals surface area contributed by atoms with Gasteiger partial charge in [0.05, 0.1) is 6.04 Å². The number of carbonyl (C=O) groups excluding carboxylic acids is 2. The van der Waals surface area contributed by atoms with Crippen molar-refractivity contribution >= 4 is 11.7 Å². The standard InChI is InChI=1S/C10H18N2O3/c1-7(8(2)13)12-5-3-10(15,4-6-12)9(11)14/h7,15H,3-6H2,1-2H3,(H2,11,14). The van der Waals surface area contributed by atoms with Crippen LogP contribution in [0.15, 0.2) is 0 Å². The molecule has 1 fully saturated rings. The predicted molar refractivity (Wildman–Crippen MR) is 55.1 cm³/mol. The molecule has 15 heavy (non-hydrogen) atoms. The van der Waals surface area contributed by atoms with E-state index in [0.717, 1.165) is 0 Å². The minimum Gasteiger partial charge on any atom is -0.380 e. The molecule has 86 valence electrons. The SMILES string of the molecule is CC(=O)C(C)N1CCC(O)(C(N)=O)CC1. The minimum absolute atomic E-state index is 0.0968. The van der Waals surface area contributed by atoms with Crippen LogP contribution in [0.1, 0.15) is 26.7 Å². The van der Waals surface area contributed by atoms with Crippen molar-refractivity contribution < 1.29 is 14.7 Å². The average molecular weight is 214 g/mol. The van der Waals surface area contributed by atoms with Crippen LogP contribution in [0.4, 0.5) is 0 Å². The average Bonchev–Trinajstić information content (AvgIpc) is 2.17. The number of hydrogen-bond acceptors (Lipinski definition) is 4. The van der Waals surface area contributed by atoms with Gasteiger partial charge in [-0.25, -0.2) is 0 Å². The molecule has 5 nitrogen and oxygen atoms in total. The second-order valence-electron chi connectivity index (χ2n) is 4.22. The number of rotatable bonds is 3. The lowest BCUT2D eigenvalue weighted by Gasteiger charge is -2.38. The number of nitrogens with two attached hydrogens (primary N) is 1. The molecule has 1 unspecified atom stereocenters. The highest BCUT2D eigenvalue weighted by molar-refractivity contribution is 5.83. The molecule has 0 aliphatic carbocycles. The van der Waals surface area contributed by atoms with E-state index < -0.39 is 11.5 Å². The van der Waals surface area contributed by atoms with Gasteiger partial charge in [-0.15, -0.1) is 0 Å². The highest BCUT2D eigenvalue weighted by Crippen LogP contribution is 2.23. The third kappa shape index (κ3) is 2.54. The number of hydrogen-bond donors (Lipinski definition) is 2. The van der Waals surface area contributed by atoms with Crippen molar-refractivity contribution in [2.24, 2.45) is 5.73 Å². The molecule has 0 aromatic rings. The van der Waals surface area contributed by atoms with Crippen molar-refractivity contribution in [1.82, 2.24) is 4.90 Å². The second kappa shape index (κ2) is 4.28. The van der Waals surface area contributed by atoms with E-state index in [9.17, 15) is 14.7 Å². The van der Waals surface area contributed by atoms with Gasteiger partial charge in [-0.1, -0.05) is 0 Å². The lowest BCUT2D eigenvalue weighted by Crippen LogP contribution is -2.54. The first-order valence-corrected chi connectivity index (χ1v) is 5.13. The van der Waals surface area contributed by atoms with Crippen molar-refractivity contribution in [3.05, 3.63) is 0 Å². The van der Waals surface area contributed by atoms with E-state index in [1.807, 2.05) is 11.8 Å². The molecule has 0 aromatic carbocycles. The van der Waals surface area contributed by atoms with E-state index in [2.05, 4.69) is 0 Å². The van der Waals surface area contributed by atoms with Crippen molar-refractivity contribution in [3.63, 3.8) is 0 Å². The van der Waals surface area contributed by atoms with Gasteiger partial charge in [0.25, 0.3) is 0 Å². The summed E-state index contributed by atoms with van der Waals surface area (Å²) in [6.45, 7) is 4.43. The molecule has 0 saturated carbocycles. The number of likely N-dealkylation sites (tertiary alicyclic amines) is 1. The number of ketones is 1. The van der Waals surface area contributed by atoms with Gasteiger partial charge in [-0.3, -0.25) is 14.5 Å². The summed E-state index contributed by atoms with van der Waals surface area (Å²) >= 11 is 0. The van der Waals surface area contributed by atoms with Gasteiger partial charge in [-0.05, 0) is 26.7 Å². The molecule has 3 N–H and O–H groups in total. The molecule has 1 rings (SSSR count). The van der Waals surface area contributed by atoms with E-state index >= 15 is 0 Å². The summed E-state index contributed by atoms with van der Waals surface area (Å²) in [4.78, 5) is 24.1. The number of aliphatic hydroxyl groups is 1. The molecule has 0 spiro atoms. The Morgan fingerprint density at radius 3 is 2.20 bits per heavy atom. The number of amides is 1. The van der Waals surface area contributed by atoms with Crippen LogP contribution in [0.3, 0.4) is 0 Å². The Balaban J connectivity index is 2.56. The van der Waals surface area contributed by atoms with Crippen LogP contribution in [0.25, 0.3) is 0 Å². The predicted octanol–water partition coefficient (Wildman–Crippen LogP) is -0.724. The summed E-state index contributed by atoms with van der Waals surface area (Å²) < 4.78 is 0. The van der Waals surface area contributed by atoms with Gasteiger partial charge in [0.15, 0.2) is 0 Å². The largest absolute Gasteiger partial charge is 0.380 e. The van der Waals surface area contributed by atoms with Crippen molar-refractivity contribution in [2.45, 2.75) is 38.3 Å². The van der Waals surface area contributed by atoms with E-state index in [4.69, 9.17) is 5.73 Å². The van der Waals surface area contributed by atoms with E-state index in [-0.39, 0.29) is 11.8 Å². The fourth-order valence-corrected chi connectivity index (χ4v) is 1.78. The fourth-order valence-electron chi connectivity index (χ4n) is 1.78. The molecule has 1 amide bonds. The summed E-state index contributed by atoms with van der Waals surface area (Å²) in [7, 11) is 0. The van der Waals surface area contributed by atoms with Crippen LogP contribution in [0.5, 0.6) is 0 Å². The zero-order valence-corrected chi connectivity index (χ0v) is 9.19. The lowest BCUT2D eigenvalue weighted by molar-refractivity contribution is -0.142. The summed E-state index contributed by atoms with van der Waals surface area (Å²) in [5.74, 6) is -0.572. The zero-order valence-electron chi connectivity index (χ0n) is 9.19. The first-order chi connectivity index (χ1) is 6.87. The monoisotopic (exact) mass is 214 g/mol. The Morgan fingerprint density at radius 2 is 1.87 bits per heavy atom. The second-order valence-corrected chi connectivity index (χ2v) is 4.22. The van der Waals surface area contributed by atoms with Crippen LogP contribution in [-0.2, 0) is 9.59 Å². The highest BCUT2D eigenvalue weighted by atomic mass is 16.3. The smallest absolute Gasteiger partial charge is 0.249 e. The maximum atomic E-state index is 11.1. The van der Waals surface area contributed by atoms with Gasteiger partial charge >= 0.3 is 0 Å². The Kier molecular flexibility index (Phi) is 3.46. The maximum Gasteiger partial charge on any atom is 0.249 e. The molecular weight excluding hydrogens is 196 g/mol. The third-order valence-corrected chi connectivity index (χ3v) is 3.22. The Labute approximate surface area is 89.2 Å². The molecule has 0 bridgehead atoms. The van der Waals surface area contributed by atoms with Crippen LogP contribution in [0, 0.1) is 0 Å². The Hall–Kier alpha value is -0.940. The summed E-state index contributed by atoms with van der Waals surface area (Å²) in [5, 5.41) is 9.80.